The van der Waals surface area contributed by atoms with Crippen molar-refractivity contribution in [1.82, 2.24) is 0 Å². The average Bonchev–Trinajstić information content (AvgIpc) is 2.83. The standard InChI is InChI=1S/C14H20F2O4/c1-4-14(7-5-6-8-14)20-11(17)10(2)9-19-12(18)13(3,15)16/h2,4-9H2,1,3H3. The molecule has 0 amide bonds. The lowest BCUT2D eigenvalue weighted by Crippen LogP contribution is -2.33. The number of carbonyl (C=O) groups is 2. The van der Waals surface area contributed by atoms with Crippen molar-refractivity contribution in [1.29, 1.82) is 0 Å². The van der Waals surface area contributed by atoms with E-state index in [4.69, 9.17) is 4.74 Å². The van der Waals surface area contributed by atoms with Crippen LogP contribution >= 0.6 is 0 Å². The summed E-state index contributed by atoms with van der Waals surface area (Å²) in [4.78, 5) is 22.7. The molecular weight excluding hydrogens is 270 g/mol. The fraction of sp³-hybridized carbons (Fsp3) is 0.714. The maximum atomic E-state index is 12.6. The van der Waals surface area contributed by atoms with Crippen molar-refractivity contribution in [3.05, 3.63) is 12.2 Å². The zero-order chi connectivity index (χ0) is 15.4. The van der Waals surface area contributed by atoms with Gasteiger partial charge >= 0.3 is 17.9 Å². The van der Waals surface area contributed by atoms with Crippen LogP contribution in [-0.4, -0.2) is 30.1 Å². The lowest BCUT2D eigenvalue weighted by atomic mass is 9.99. The zero-order valence-electron chi connectivity index (χ0n) is 11.8. The molecule has 114 valence electrons. The van der Waals surface area contributed by atoms with Crippen LogP contribution in [-0.2, 0) is 19.1 Å². The van der Waals surface area contributed by atoms with Crippen LogP contribution in [0, 0.1) is 0 Å². The number of rotatable bonds is 6. The van der Waals surface area contributed by atoms with Crippen LogP contribution in [0.1, 0.15) is 46.0 Å². The summed E-state index contributed by atoms with van der Waals surface area (Å²) < 4.78 is 34.9. The Morgan fingerprint density at radius 1 is 1.30 bits per heavy atom. The van der Waals surface area contributed by atoms with Gasteiger partial charge in [-0.25, -0.2) is 9.59 Å². The smallest absolute Gasteiger partial charge is 0.377 e. The molecule has 0 N–H and O–H groups in total. The lowest BCUT2D eigenvalue weighted by molar-refractivity contribution is -0.169. The topological polar surface area (TPSA) is 52.6 Å². The molecular formula is C14H20F2O4. The maximum absolute atomic E-state index is 12.6. The van der Waals surface area contributed by atoms with Crippen molar-refractivity contribution in [3.8, 4) is 0 Å². The predicted molar refractivity (Wildman–Crippen MR) is 68.3 cm³/mol. The molecule has 0 radical (unpaired) electrons. The van der Waals surface area contributed by atoms with E-state index in [1.54, 1.807) is 0 Å². The van der Waals surface area contributed by atoms with Crippen LogP contribution in [0.2, 0.25) is 0 Å². The summed E-state index contributed by atoms with van der Waals surface area (Å²) in [6.07, 6.45) is 4.25. The number of ether oxygens (including phenoxy) is 2. The van der Waals surface area contributed by atoms with E-state index < -0.39 is 30.1 Å². The van der Waals surface area contributed by atoms with Gasteiger partial charge < -0.3 is 9.47 Å². The van der Waals surface area contributed by atoms with Crippen molar-refractivity contribution >= 4 is 11.9 Å². The molecule has 0 aliphatic heterocycles. The van der Waals surface area contributed by atoms with Crippen LogP contribution in [0.15, 0.2) is 12.2 Å². The Morgan fingerprint density at radius 2 is 1.85 bits per heavy atom. The number of halogens is 2. The summed E-state index contributed by atoms with van der Waals surface area (Å²) in [5.74, 6) is -5.96. The van der Waals surface area contributed by atoms with Gasteiger partial charge in [-0.15, -0.1) is 0 Å². The highest BCUT2D eigenvalue weighted by Gasteiger charge is 2.37. The predicted octanol–water partition coefficient (Wildman–Crippen LogP) is 3.01. The van der Waals surface area contributed by atoms with E-state index >= 15 is 0 Å². The molecule has 1 aliphatic rings. The second-order valence-corrected chi connectivity index (χ2v) is 5.20. The van der Waals surface area contributed by atoms with Crippen LogP contribution in [0.4, 0.5) is 8.78 Å². The molecule has 1 fully saturated rings. The van der Waals surface area contributed by atoms with E-state index in [9.17, 15) is 18.4 Å². The minimum absolute atomic E-state index is 0.137. The van der Waals surface area contributed by atoms with E-state index in [1.807, 2.05) is 6.92 Å². The average molecular weight is 290 g/mol. The van der Waals surface area contributed by atoms with E-state index in [1.165, 1.54) is 0 Å². The van der Waals surface area contributed by atoms with Gasteiger partial charge in [0.15, 0.2) is 0 Å². The number of hydrogen-bond donors (Lipinski definition) is 0. The van der Waals surface area contributed by atoms with Crippen molar-refractivity contribution in [2.75, 3.05) is 6.61 Å². The molecule has 1 saturated carbocycles. The van der Waals surface area contributed by atoms with Crippen molar-refractivity contribution < 1.29 is 27.8 Å². The van der Waals surface area contributed by atoms with Crippen LogP contribution < -0.4 is 0 Å². The van der Waals surface area contributed by atoms with Crippen molar-refractivity contribution in [3.63, 3.8) is 0 Å². The molecule has 1 aliphatic carbocycles. The van der Waals surface area contributed by atoms with Gasteiger partial charge in [0, 0.05) is 6.92 Å². The largest absolute Gasteiger partial charge is 0.456 e. The first-order valence-corrected chi connectivity index (χ1v) is 6.66. The Morgan fingerprint density at radius 3 is 2.30 bits per heavy atom. The number of carbonyl (C=O) groups excluding carboxylic acids is 2. The third-order valence-electron chi connectivity index (χ3n) is 3.49. The third-order valence-corrected chi connectivity index (χ3v) is 3.49. The van der Waals surface area contributed by atoms with E-state index in [0.717, 1.165) is 25.7 Å². The van der Waals surface area contributed by atoms with Crippen LogP contribution in [0.5, 0.6) is 0 Å². The summed E-state index contributed by atoms with van der Waals surface area (Å²) in [5.41, 5.74) is -0.624. The Bertz CT molecular complexity index is 392. The van der Waals surface area contributed by atoms with Gasteiger partial charge in [-0.2, -0.15) is 8.78 Å². The van der Waals surface area contributed by atoms with Crippen molar-refractivity contribution in [2.24, 2.45) is 0 Å². The molecule has 0 bridgehead atoms. The summed E-state index contributed by atoms with van der Waals surface area (Å²) in [6, 6.07) is 0. The van der Waals surface area contributed by atoms with Gasteiger partial charge in [0.25, 0.3) is 0 Å². The molecule has 0 heterocycles. The van der Waals surface area contributed by atoms with E-state index in [-0.39, 0.29) is 5.57 Å². The second kappa shape index (κ2) is 6.33. The monoisotopic (exact) mass is 290 g/mol. The van der Waals surface area contributed by atoms with Gasteiger partial charge in [-0.05, 0) is 32.1 Å². The number of alkyl halides is 2. The minimum atomic E-state index is -3.58. The molecule has 20 heavy (non-hydrogen) atoms. The molecule has 4 nitrogen and oxygen atoms in total. The zero-order valence-corrected chi connectivity index (χ0v) is 11.8. The molecule has 0 aromatic heterocycles. The van der Waals surface area contributed by atoms with E-state index in [2.05, 4.69) is 11.3 Å². The molecule has 0 atom stereocenters. The third kappa shape index (κ3) is 4.28. The van der Waals surface area contributed by atoms with E-state index in [0.29, 0.717) is 13.3 Å². The maximum Gasteiger partial charge on any atom is 0.377 e. The van der Waals surface area contributed by atoms with Gasteiger partial charge in [0.2, 0.25) is 0 Å². The van der Waals surface area contributed by atoms with Crippen LogP contribution in [0.25, 0.3) is 0 Å². The Kier molecular flexibility index (Phi) is 5.25. The van der Waals surface area contributed by atoms with Gasteiger partial charge in [0.05, 0.1) is 5.57 Å². The highest BCUT2D eigenvalue weighted by atomic mass is 19.3. The number of esters is 2. The highest BCUT2D eigenvalue weighted by Crippen LogP contribution is 2.36. The first-order chi connectivity index (χ1) is 9.20. The Labute approximate surface area is 117 Å². The van der Waals surface area contributed by atoms with Gasteiger partial charge in [-0.3, -0.25) is 0 Å². The quantitative estimate of drug-likeness (QED) is 0.557. The first kappa shape index (κ1) is 16.6. The number of hydrogen-bond acceptors (Lipinski definition) is 4. The molecule has 0 aromatic carbocycles. The molecule has 0 aromatic rings. The van der Waals surface area contributed by atoms with Crippen LogP contribution in [0.3, 0.4) is 0 Å². The lowest BCUT2D eigenvalue weighted by Gasteiger charge is -2.28. The summed E-state index contributed by atoms with van der Waals surface area (Å²) in [5, 5.41) is 0. The normalized spacial score (nSPS) is 17.6. The molecule has 0 unspecified atom stereocenters. The second-order valence-electron chi connectivity index (χ2n) is 5.20. The molecule has 6 heteroatoms. The summed E-state index contributed by atoms with van der Waals surface area (Å²) >= 11 is 0. The fourth-order valence-electron chi connectivity index (χ4n) is 2.15. The molecule has 0 spiro atoms. The highest BCUT2D eigenvalue weighted by molar-refractivity contribution is 5.89. The van der Waals surface area contributed by atoms with Gasteiger partial charge in [-0.1, -0.05) is 13.5 Å². The van der Waals surface area contributed by atoms with Gasteiger partial charge in [0.1, 0.15) is 12.2 Å². The SMILES string of the molecule is C=C(COC(=O)C(C)(F)F)C(=O)OC1(CC)CCCC1. The van der Waals surface area contributed by atoms with Crippen molar-refractivity contribution in [2.45, 2.75) is 57.5 Å². The Balaban J connectivity index is 2.47. The summed E-state index contributed by atoms with van der Waals surface area (Å²) in [7, 11) is 0. The fourth-order valence-corrected chi connectivity index (χ4v) is 2.15. The summed E-state index contributed by atoms with van der Waals surface area (Å²) in [6.45, 7) is 5.20. The molecule has 1 rings (SSSR count). The minimum Gasteiger partial charge on any atom is -0.456 e. The molecule has 0 saturated heterocycles. The Hall–Kier alpha value is -1.46. The first-order valence-electron chi connectivity index (χ1n) is 6.66.